The molecular weight excluding hydrogens is 529 g/mol. The van der Waals surface area contributed by atoms with Gasteiger partial charge in [0.2, 0.25) is 11.8 Å². The number of carbonyl (C=O) groups is 1. The summed E-state index contributed by atoms with van der Waals surface area (Å²) in [6, 6.07) is 11.0. The summed E-state index contributed by atoms with van der Waals surface area (Å²) in [5.74, 6) is -0.675. The van der Waals surface area contributed by atoms with E-state index in [1.807, 2.05) is 36.4 Å². The Labute approximate surface area is 238 Å². The molecule has 2 aliphatic heterocycles. The first-order chi connectivity index (χ1) is 19.4. The predicted molar refractivity (Wildman–Crippen MR) is 156 cm³/mol. The Bertz CT molecular complexity index is 1510. The zero-order valence-corrected chi connectivity index (χ0v) is 23.0. The number of dihydropyridines is 1. The first-order valence-electron chi connectivity index (χ1n) is 13.4. The molecule has 3 atom stereocenters. The first kappa shape index (κ1) is 27.6. The zero-order valence-electron chi connectivity index (χ0n) is 22.3. The van der Waals surface area contributed by atoms with Crippen LogP contribution in [0.4, 0.5) is 4.39 Å². The molecule has 1 amide bonds. The Morgan fingerprint density at radius 1 is 1.35 bits per heavy atom. The highest BCUT2D eigenvalue weighted by atomic mass is 35.5. The average molecular weight is 560 g/mol. The fourth-order valence-corrected chi connectivity index (χ4v) is 5.78. The maximum Gasteiger partial charge on any atom is 0.243 e. The number of hydrogen-bond donors (Lipinski definition) is 2. The smallest absolute Gasteiger partial charge is 0.243 e. The minimum Gasteiger partial charge on any atom is -0.475 e. The van der Waals surface area contributed by atoms with Gasteiger partial charge in [0.15, 0.2) is 0 Å². The van der Waals surface area contributed by atoms with Gasteiger partial charge < -0.3 is 20.3 Å². The summed E-state index contributed by atoms with van der Waals surface area (Å²) in [4.78, 5) is 18.7. The van der Waals surface area contributed by atoms with E-state index in [0.29, 0.717) is 42.3 Å². The average Bonchev–Trinajstić information content (AvgIpc) is 3.39. The van der Waals surface area contributed by atoms with Gasteiger partial charge >= 0.3 is 0 Å². The lowest BCUT2D eigenvalue weighted by Crippen LogP contribution is -2.39. The molecule has 2 heterocycles. The van der Waals surface area contributed by atoms with Crippen LogP contribution in [0.15, 0.2) is 77.5 Å². The van der Waals surface area contributed by atoms with Crippen molar-refractivity contribution in [1.82, 2.24) is 15.5 Å². The van der Waals surface area contributed by atoms with E-state index in [9.17, 15) is 14.4 Å². The summed E-state index contributed by atoms with van der Waals surface area (Å²) in [5.41, 5.74) is 2.71. The van der Waals surface area contributed by atoms with Gasteiger partial charge in [-0.25, -0.2) is 9.38 Å². The maximum atomic E-state index is 14.4. The molecule has 206 valence electrons. The van der Waals surface area contributed by atoms with E-state index >= 15 is 0 Å². The number of nitriles is 1. The van der Waals surface area contributed by atoms with Crippen LogP contribution in [0.1, 0.15) is 18.4 Å². The number of allylic oxidation sites excluding steroid dienone is 2. The van der Waals surface area contributed by atoms with Gasteiger partial charge in [0.1, 0.15) is 24.1 Å². The van der Waals surface area contributed by atoms with Gasteiger partial charge in [0.05, 0.1) is 11.1 Å². The molecule has 0 bridgehead atoms. The third-order valence-corrected chi connectivity index (χ3v) is 8.02. The second-order valence-corrected chi connectivity index (χ2v) is 10.5. The highest BCUT2D eigenvalue weighted by molar-refractivity contribution is 6.36. The highest BCUT2D eigenvalue weighted by Crippen LogP contribution is 2.38. The summed E-state index contributed by atoms with van der Waals surface area (Å²) >= 11 is 6.42. The molecule has 2 aromatic carbocycles. The van der Waals surface area contributed by atoms with Gasteiger partial charge in [-0.2, -0.15) is 5.26 Å². The van der Waals surface area contributed by atoms with E-state index < -0.39 is 5.82 Å². The Morgan fingerprint density at radius 2 is 2.20 bits per heavy atom. The maximum absolute atomic E-state index is 14.4. The zero-order chi connectivity index (χ0) is 28.2. The molecule has 3 aliphatic rings. The summed E-state index contributed by atoms with van der Waals surface area (Å²) in [7, 11) is 2.07. The SMILES string of the molecule is C=CC(=O)NCCNC1=C(C#N)C(OC[C@@H]2CCCN2C)=NC2C=C(c3cccc4ccc(F)c(Cl)c34)C=CC12. The van der Waals surface area contributed by atoms with E-state index in [1.165, 1.54) is 12.1 Å². The molecule has 1 aliphatic carbocycles. The Morgan fingerprint density at radius 3 is 2.95 bits per heavy atom. The molecule has 1 saturated heterocycles. The molecular formula is C31H31ClFN5O2. The van der Waals surface area contributed by atoms with E-state index in [1.54, 1.807) is 6.07 Å². The van der Waals surface area contributed by atoms with Gasteiger partial charge in [-0.15, -0.1) is 0 Å². The van der Waals surface area contributed by atoms with Gasteiger partial charge in [-0.3, -0.25) is 4.79 Å². The van der Waals surface area contributed by atoms with Crippen molar-refractivity contribution in [3.8, 4) is 6.07 Å². The van der Waals surface area contributed by atoms with Crippen LogP contribution in [0, 0.1) is 23.1 Å². The van der Waals surface area contributed by atoms with Crippen LogP contribution in [-0.2, 0) is 9.53 Å². The fraction of sp³-hybridized carbons (Fsp3) is 0.323. The predicted octanol–water partition coefficient (Wildman–Crippen LogP) is 4.76. The molecule has 0 saturated carbocycles. The number of hydrogen-bond acceptors (Lipinski definition) is 6. The number of nitrogens with zero attached hydrogens (tertiary/aromatic N) is 3. The number of likely N-dealkylation sites (N-methyl/N-ethyl adjacent to an activating group) is 1. The molecule has 0 spiro atoms. The molecule has 2 N–H and O–H groups in total. The van der Waals surface area contributed by atoms with Crippen molar-refractivity contribution in [3.63, 3.8) is 0 Å². The van der Waals surface area contributed by atoms with Crippen LogP contribution in [0.25, 0.3) is 16.3 Å². The standard InChI is InChI=1S/C31H31ClFN5O2/c1-3-27(39)35-13-14-36-30-23-11-9-20(22-8-4-6-19-10-12-25(33)29(32)28(19)22)16-26(23)37-31(24(30)17-34)40-18-21-7-5-15-38(21)2/h3-4,6,8-12,16,21,23,26,36H,1,5,7,13-15,18H2,2H3,(H,35,39)/t21-,23?,26?/m0/s1. The van der Waals surface area contributed by atoms with Crippen LogP contribution in [0.3, 0.4) is 0 Å². The van der Waals surface area contributed by atoms with Crippen molar-refractivity contribution in [3.05, 3.63) is 88.9 Å². The molecule has 2 unspecified atom stereocenters. The van der Waals surface area contributed by atoms with E-state index in [4.69, 9.17) is 21.3 Å². The molecule has 0 radical (unpaired) electrons. The third-order valence-electron chi connectivity index (χ3n) is 7.65. The van der Waals surface area contributed by atoms with E-state index in [0.717, 1.165) is 35.9 Å². The van der Waals surface area contributed by atoms with Crippen molar-refractivity contribution >= 4 is 39.8 Å². The quantitative estimate of drug-likeness (QED) is 0.359. The second-order valence-electron chi connectivity index (χ2n) is 10.1. The van der Waals surface area contributed by atoms with Crippen LogP contribution >= 0.6 is 11.6 Å². The number of rotatable bonds is 8. The van der Waals surface area contributed by atoms with Crippen LogP contribution in [0.5, 0.6) is 0 Å². The Kier molecular flexibility index (Phi) is 8.34. The van der Waals surface area contributed by atoms with Gasteiger partial charge in [-0.05, 0) is 55.1 Å². The lowest BCUT2D eigenvalue weighted by atomic mass is 9.83. The lowest BCUT2D eigenvalue weighted by Gasteiger charge is -2.32. The summed E-state index contributed by atoms with van der Waals surface area (Å²) in [6.07, 6.45) is 9.33. The van der Waals surface area contributed by atoms with Crippen LogP contribution in [0.2, 0.25) is 5.02 Å². The normalized spacial score (nSPS) is 22.3. The monoisotopic (exact) mass is 559 g/mol. The van der Waals surface area contributed by atoms with Gasteiger partial charge in [0, 0.05) is 36.1 Å². The van der Waals surface area contributed by atoms with Crippen molar-refractivity contribution in [1.29, 1.82) is 5.26 Å². The molecule has 40 heavy (non-hydrogen) atoms. The molecule has 0 aromatic heterocycles. The van der Waals surface area contributed by atoms with E-state index in [-0.39, 0.29) is 28.9 Å². The van der Waals surface area contributed by atoms with Gasteiger partial charge in [0.25, 0.3) is 0 Å². The molecule has 1 fully saturated rings. The number of fused-ring (bicyclic) bond motifs is 2. The number of nitrogens with one attached hydrogen (secondary N) is 2. The summed E-state index contributed by atoms with van der Waals surface area (Å²) < 4.78 is 20.6. The Hall–Kier alpha value is -3.93. The number of benzene rings is 2. The number of carbonyl (C=O) groups excluding carboxylic acids is 1. The third kappa shape index (κ3) is 5.53. The van der Waals surface area contributed by atoms with Gasteiger partial charge in [-0.1, -0.05) is 60.7 Å². The van der Waals surface area contributed by atoms with Crippen molar-refractivity contribution in [2.75, 3.05) is 33.3 Å². The first-order valence-corrected chi connectivity index (χ1v) is 13.8. The number of aliphatic imine (C=N–C) groups is 1. The summed E-state index contributed by atoms with van der Waals surface area (Å²) in [5, 5.41) is 17.8. The second kappa shape index (κ2) is 12.1. The number of amides is 1. The fourth-order valence-electron chi connectivity index (χ4n) is 5.50. The molecule has 5 rings (SSSR count). The lowest BCUT2D eigenvalue weighted by molar-refractivity contribution is -0.116. The molecule has 9 heteroatoms. The van der Waals surface area contributed by atoms with Crippen LogP contribution < -0.4 is 10.6 Å². The molecule has 2 aromatic rings. The minimum absolute atomic E-state index is 0.0805. The summed E-state index contributed by atoms with van der Waals surface area (Å²) in [6.45, 7) is 5.69. The topological polar surface area (TPSA) is 89.8 Å². The molecule has 7 nitrogen and oxygen atoms in total. The number of ether oxygens (including phenoxy) is 1. The number of likely N-dealkylation sites (tertiary alicyclic amines) is 1. The van der Waals surface area contributed by atoms with Crippen molar-refractivity contribution in [2.45, 2.75) is 24.9 Å². The van der Waals surface area contributed by atoms with Crippen molar-refractivity contribution in [2.24, 2.45) is 10.9 Å². The van der Waals surface area contributed by atoms with Crippen molar-refractivity contribution < 1.29 is 13.9 Å². The number of halogens is 2. The minimum atomic E-state index is -0.472. The van der Waals surface area contributed by atoms with Crippen LogP contribution in [-0.4, -0.2) is 62.1 Å². The largest absolute Gasteiger partial charge is 0.475 e. The highest BCUT2D eigenvalue weighted by Gasteiger charge is 2.35. The Balaban J connectivity index is 1.48. The van der Waals surface area contributed by atoms with E-state index in [2.05, 4.69) is 35.2 Å².